The highest BCUT2D eigenvalue weighted by Gasteiger charge is 2.22. The molecule has 0 aromatic heterocycles. The molecule has 0 aliphatic carbocycles. The van der Waals surface area contributed by atoms with Crippen LogP contribution in [0, 0.1) is 5.92 Å². The molecule has 0 aromatic carbocycles. The van der Waals surface area contributed by atoms with Crippen molar-refractivity contribution >= 4 is 0 Å². The molecule has 1 rings (SSSR count). The van der Waals surface area contributed by atoms with Crippen molar-refractivity contribution in [2.75, 3.05) is 13.2 Å². The fourth-order valence-electron chi connectivity index (χ4n) is 2.34. The zero-order valence-electron chi connectivity index (χ0n) is 9.66. The molecule has 0 spiro atoms. The summed E-state index contributed by atoms with van der Waals surface area (Å²) in [6, 6.07) is 0. The molecule has 1 aliphatic heterocycles. The van der Waals surface area contributed by atoms with Gasteiger partial charge in [0.15, 0.2) is 0 Å². The topological polar surface area (TPSA) is 29.5 Å². The van der Waals surface area contributed by atoms with Crippen LogP contribution in [0.25, 0.3) is 0 Å². The second-order valence-corrected chi connectivity index (χ2v) is 4.41. The summed E-state index contributed by atoms with van der Waals surface area (Å²) in [6.45, 7) is 5.03. The minimum absolute atomic E-state index is 0.319. The van der Waals surface area contributed by atoms with Gasteiger partial charge in [-0.2, -0.15) is 0 Å². The van der Waals surface area contributed by atoms with Gasteiger partial charge in [0, 0.05) is 13.2 Å². The molecule has 0 aromatic rings. The Balaban J connectivity index is 2.35. The van der Waals surface area contributed by atoms with E-state index in [1.165, 1.54) is 25.7 Å². The molecule has 0 saturated carbocycles. The summed E-state index contributed by atoms with van der Waals surface area (Å²) in [5, 5.41) is 8.77. The van der Waals surface area contributed by atoms with Crippen molar-refractivity contribution in [1.29, 1.82) is 0 Å². The van der Waals surface area contributed by atoms with E-state index in [1.54, 1.807) is 0 Å². The summed E-state index contributed by atoms with van der Waals surface area (Å²) in [6.07, 6.45) is 10.3. The molecule has 2 atom stereocenters. The van der Waals surface area contributed by atoms with Crippen LogP contribution in [0.15, 0.2) is 12.7 Å². The van der Waals surface area contributed by atoms with Gasteiger partial charge < -0.3 is 9.84 Å². The maximum absolute atomic E-state index is 8.77. The van der Waals surface area contributed by atoms with Crippen molar-refractivity contribution in [2.45, 2.75) is 51.0 Å². The third-order valence-corrected chi connectivity index (χ3v) is 3.21. The second-order valence-electron chi connectivity index (χ2n) is 4.41. The van der Waals surface area contributed by atoms with Gasteiger partial charge in [-0.25, -0.2) is 0 Å². The van der Waals surface area contributed by atoms with Gasteiger partial charge in [-0.15, -0.1) is 6.58 Å². The van der Waals surface area contributed by atoms with Crippen LogP contribution in [0.1, 0.15) is 44.9 Å². The van der Waals surface area contributed by atoms with Crippen LogP contribution in [-0.2, 0) is 4.74 Å². The smallest absolute Gasteiger partial charge is 0.0637 e. The second kappa shape index (κ2) is 7.89. The SMILES string of the molecule is C=CCC1OCCCCC1CCCCO. The molecule has 1 heterocycles. The first-order valence-electron chi connectivity index (χ1n) is 6.22. The lowest BCUT2D eigenvalue weighted by molar-refractivity contribution is 0.0239. The zero-order valence-corrected chi connectivity index (χ0v) is 9.66. The lowest BCUT2D eigenvalue weighted by Gasteiger charge is -2.23. The van der Waals surface area contributed by atoms with Gasteiger partial charge in [0.05, 0.1) is 6.10 Å². The van der Waals surface area contributed by atoms with E-state index in [4.69, 9.17) is 9.84 Å². The van der Waals surface area contributed by atoms with Crippen molar-refractivity contribution < 1.29 is 9.84 Å². The highest BCUT2D eigenvalue weighted by atomic mass is 16.5. The van der Waals surface area contributed by atoms with Crippen LogP contribution in [0.2, 0.25) is 0 Å². The minimum atomic E-state index is 0.319. The van der Waals surface area contributed by atoms with Gasteiger partial charge in [-0.1, -0.05) is 18.9 Å². The first-order valence-corrected chi connectivity index (χ1v) is 6.22. The molecule has 1 fully saturated rings. The Kier molecular flexibility index (Phi) is 6.69. The highest BCUT2D eigenvalue weighted by Crippen LogP contribution is 2.27. The zero-order chi connectivity index (χ0) is 10.9. The van der Waals surface area contributed by atoms with Crippen LogP contribution in [0.3, 0.4) is 0 Å². The third kappa shape index (κ3) is 4.80. The normalized spacial score (nSPS) is 27.3. The molecule has 2 heteroatoms. The summed E-state index contributed by atoms with van der Waals surface area (Å²) >= 11 is 0. The summed E-state index contributed by atoms with van der Waals surface area (Å²) in [4.78, 5) is 0. The van der Waals surface area contributed by atoms with Gasteiger partial charge in [0.25, 0.3) is 0 Å². The Morgan fingerprint density at radius 3 is 2.93 bits per heavy atom. The van der Waals surface area contributed by atoms with Crippen molar-refractivity contribution in [1.82, 2.24) is 0 Å². The number of aliphatic hydroxyl groups is 1. The molecule has 2 nitrogen and oxygen atoms in total. The Hall–Kier alpha value is -0.340. The first kappa shape index (κ1) is 12.7. The molecule has 0 bridgehead atoms. The highest BCUT2D eigenvalue weighted by molar-refractivity contribution is 4.80. The van der Waals surface area contributed by atoms with Crippen LogP contribution >= 0.6 is 0 Å². The number of hydrogen-bond donors (Lipinski definition) is 1. The average Bonchev–Trinajstić information content (AvgIpc) is 2.45. The predicted molar refractivity (Wildman–Crippen MR) is 62.8 cm³/mol. The molecular weight excluding hydrogens is 188 g/mol. The van der Waals surface area contributed by atoms with Gasteiger partial charge in [-0.3, -0.25) is 0 Å². The standard InChI is InChI=1S/C13H24O2/c1-2-7-13-12(8-3-5-10-14)9-4-6-11-15-13/h2,12-14H,1,3-11H2. The van der Waals surface area contributed by atoms with Crippen LogP contribution < -0.4 is 0 Å². The van der Waals surface area contributed by atoms with Crippen molar-refractivity contribution in [3.8, 4) is 0 Å². The molecule has 88 valence electrons. The number of rotatable bonds is 6. The average molecular weight is 212 g/mol. The fraction of sp³-hybridized carbons (Fsp3) is 0.846. The maximum Gasteiger partial charge on any atom is 0.0637 e. The Bertz CT molecular complexity index is 168. The summed E-state index contributed by atoms with van der Waals surface area (Å²) in [7, 11) is 0. The molecule has 1 saturated heterocycles. The van der Waals surface area contributed by atoms with E-state index < -0.39 is 0 Å². The van der Waals surface area contributed by atoms with E-state index in [9.17, 15) is 0 Å². The molecular formula is C13H24O2. The first-order chi connectivity index (χ1) is 7.38. The number of ether oxygens (including phenoxy) is 1. The fourth-order valence-corrected chi connectivity index (χ4v) is 2.34. The Labute approximate surface area is 93.3 Å². The Morgan fingerprint density at radius 2 is 2.20 bits per heavy atom. The van der Waals surface area contributed by atoms with Crippen molar-refractivity contribution in [3.63, 3.8) is 0 Å². The van der Waals surface area contributed by atoms with Crippen LogP contribution in [0.4, 0.5) is 0 Å². The largest absolute Gasteiger partial charge is 0.396 e. The van der Waals surface area contributed by atoms with E-state index in [2.05, 4.69) is 6.58 Å². The van der Waals surface area contributed by atoms with E-state index in [-0.39, 0.29) is 0 Å². The number of unbranched alkanes of at least 4 members (excludes halogenated alkanes) is 1. The quantitative estimate of drug-likeness (QED) is 0.542. The van der Waals surface area contributed by atoms with E-state index in [0.717, 1.165) is 25.9 Å². The molecule has 1 N–H and O–H groups in total. The molecule has 1 aliphatic rings. The van der Waals surface area contributed by atoms with Gasteiger partial charge >= 0.3 is 0 Å². The molecule has 0 amide bonds. The van der Waals surface area contributed by atoms with Gasteiger partial charge in [0.2, 0.25) is 0 Å². The molecule has 0 radical (unpaired) electrons. The van der Waals surface area contributed by atoms with E-state index in [1.807, 2.05) is 6.08 Å². The third-order valence-electron chi connectivity index (χ3n) is 3.21. The summed E-state index contributed by atoms with van der Waals surface area (Å²) < 4.78 is 5.85. The van der Waals surface area contributed by atoms with Crippen molar-refractivity contribution in [3.05, 3.63) is 12.7 Å². The molecule has 15 heavy (non-hydrogen) atoms. The van der Waals surface area contributed by atoms with E-state index in [0.29, 0.717) is 18.6 Å². The van der Waals surface area contributed by atoms with Gasteiger partial charge in [-0.05, 0) is 38.0 Å². The number of hydrogen-bond acceptors (Lipinski definition) is 2. The lowest BCUT2D eigenvalue weighted by atomic mass is 9.90. The van der Waals surface area contributed by atoms with Gasteiger partial charge in [0.1, 0.15) is 0 Å². The minimum Gasteiger partial charge on any atom is -0.396 e. The van der Waals surface area contributed by atoms with Crippen LogP contribution in [0.5, 0.6) is 0 Å². The lowest BCUT2D eigenvalue weighted by Crippen LogP contribution is -2.22. The molecule has 2 unspecified atom stereocenters. The monoisotopic (exact) mass is 212 g/mol. The van der Waals surface area contributed by atoms with Crippen molar-refractivity contribution in [2.24, 2.45) is 5.92 Å². The predicted octanol–water partition coefficient (Wildman–Crippen LogP) is 2.91. The summed E-state index contributed by atoms with van der Waals surface area (Å²) in [5.41, 5.74) is 0. The van der Waals surface area contributed by atoms with E-state index >= 15 is 0 Å². The maximum atomic E-state index is 8.77. The number of aliphatic hydroxyl groups excluding tert-OH is 1. The summed E-state index contributed by atoms with van der Waals surface area (Å²) in [5.74, 6) is 0.678. The Morgan fingerprint density at radius 1 is 1.33 bits per heavy atom. The van der Waals surface area contributed by atoms with Crippen LogP contribution in [-0.4, -0.2) is 24.4 Å².